The number of anilines is 1. The normalized spacial score (nSPS) is 15.2. The largest absolute Gasteiger partial charge is 0.416 e. The molecule has 0 unspecified atom stereocenters. The van der Waals surface area contributed by atoms with Gasteiger partial charge in [0.1, 0.15) is 0 Å². The number of hydrogen-bond acceptors (Lipinski definition) is 2. The molecule has 0 radical (unpaired) electrons. The summed E-state index contributed by atoms with van der Waals surface area (Å²) in [5.41, 5.74) is -2.44. The Morgan fingerprint density at radius 1 is 0.914 bits per heavy atom. The molecule has 3 rings (SSSR count). The summed E-state index contributed by atoms with van der Waals surface area (Å²) in [4.78, 5) is 12.3. The fraction of sp³-hybridized carbons (Fsp3) is 0.458. The van der Waals surface area contributed by atoms with Crippen LogP contribution in [0.2, 0.25) is 10.0 Å². The van der Waals surface area contributed by atoms with Crippen LogP contribution in [0.5, 0.6) is 0 Å². The number of carbonyl (C=O) groups excluding carboxylic acids is 1. The lowest BCUT2D eigenvalue weighted by Crippen LogP contribution is -2.36. The van der Waals surface area contributed by atoms with Gasteiger partial charge in [-0.25, -0.2) is 0 Å². The minimum absolute atomic E-state index is 0.00861. The fourth-order valence-corrected chi connectivity index (χ4v) is 4.52. The molecule has 0 bridgehead atoms. The molecule has 11 heteroatoms. The lowest BCUT2D eigenvalue weighted by Gasteiger charge is -2.23. The third-order valence-electron chi connectivity index (χ3n) is 5.86. The van der Waals surface area contributed by atoms with E-state index in [1.807, 2.05) is 0 Å². The van der Waals surface area contributed by atoms with E-state index < -0.39 is 23.5 Å². The Labute approximate surface area is 209 Å². The van der Waals surface area contributed by atoms with E-state index in [-0.39, 0.29) is 58.6 Å². The molecule has 1 saturated carbocycles. The molecule has 1 aliphatic carbocycles. The number of rotatable bonds is 7. The second-order valence-corrected chi connectivity index (χ2v) is 9.34. The molecule has 35 heavy (non-hydrogen) atoms. The molecule has 192 valence electrons. The molecular weight excluding hydrogens is 517 g/mol. The van der Waals surface area contributed by atoms with Crippen LogP contribution in [0.1, 0.15) is 60.8 Å². The van der Waals surface area contributed by atoms with Crippen molar-refractivity contribution in [1.29, 1.82) is 0 Å². The zero-order valence-corrected chi connectivity index (χ0v) is 20.1. The van der Waals surface area contributed by atoms with E-state index in [0.29, 0.717) is 17.8 Å². The van der Waals surface area contributed by atoms with Gasteiger partial charge in [0.25, 0.3) is 0 Å². The second kappa shape index (κ2) is 11.3. The highest BCUT2D eigenvalue weighted by molar-refractivity contribution is 6.42. The number of benzene rings is 2. The number of halogens is 8. The standard InChI is InChI=1S/C24H24Cl2F6N2O/c25-19-6-7-20(33-9-8-21(35)34-17-4-2-1-3-5-17)18(22(19)26)12-14-10-15(23(27,28)29)13-16(11-14)24(30,31)32/h6-7,10-11,13,17,33H,1-5,8-9,12H2,(H,34,35). The van der Waals surface area contributed by atoms with Gasteiger partial charge >= 0.3 is 12.4 Å². The molecule has 0 atom stereocenters. The summed E-state index contributed by atoms with van der Waals surface area (Å²) in [5.74, 6) is -0.140. The lowest BCUT2D eigenvalue weighted by molar-refractivity contribution is -0.143. The maximum Gasteiger partial charge on any atom is 0.416 e. The minimum atomic E-state index is -4.96. The van der Waals surface area contributed by atoms with Gasteiger partial charge < -0.3 is 10.6 Å². The first kappa shape index (κ1) is 27.5. The van der Waals surface area contributed by atoms with Crippen LogP contribution in [-0.4, -0.2) is 18.5 Å². The SMILES string of the molecule is O=C(CCNc1ccc(Cl)c(Cl)c1Cc1cc(C(F)(F)F)cc(C(F)(F)F)c1)NC1CCCCC1. The highest BCUT2D eigenvalue weighted by atomic mass is 35.5. The summed E-state index contributed by atoms with van der Waals surface area (Å²) in [7, 11) is 0. The molecule has 0 aromatic heterocycles. The molecule has 0 aliphatic heterocycles. The van der Waals surface area contributed by atoms with E-state index in [1.54, 1.807) is 0 Å². The van der Waals surface area contributed by atoms with Crippen molar-refractivity contribution in [2.45, 2.75) is 63.3 Å². The Kier molecular flexibility index (Phi) is 8.86. The Balaban J connectivity index is 1.79. The molecule has 1 amide bonds. The van der Waals surface area contributed by atoms with Gasteiger partial charge in [-0.1, -0.05) is 42.5 Å². The van der Waals surface area contributed by atoms with Crippen molar-refractivity contribution in [2.75, 3.05) is 11.9 Å². The van der Waals surface area contributed by atoms with E-state index in [1.165, 1.54) is 12.1 Å². The van der Waals surface area contributed by atoms with Crippen molar-refractivity contribution < 1.29 is 31.1 Å². The van der Waals surface area contributed by atoms with E-state index in [9.17, 15) is 31.1 Å². The predicted octanol–water partition coefficient (Wildman–Crippen LogP) is 7.87. The van der Waals surface area contributed by atoms with Crippen LogP contribution in [-0.2, 0) is 23.6 Å². The van der Waals surface area contributed by atoms with Gasteiger partial charge in [-0.05, 0) is 54.3 Å². The van der Waals surface area contributed by atoms with Gasteiger partial charge in [-0.15, -0.1) is 0 Å². The third-order valence-corrected chi connectivity index (χ3v) is 6.71. The zero-order chi connectivity index (χ0) is 25.8. The van der Waals surface area contributed by atoms with Crippen molar-refractivity contribution in [2.24, 2.45) is 0 Å². The summed E-state index contributed by atoms with van der Waals surface area (Å²) >= 11 is 12.4. The van der Waals surface area contributed by atoms with Gasteiger partial charge in [0.2, 0.25) is 5.91 Å². The Morgan fingerprint density at radius 3 is 2.09 bits per heavy atom. The number of nitrogens with one attached hydrogen (secondary N) is 2. The van der Waals surface area contributed by atoms with Gasteiger partial charge in [-0.3, -0.25) is 4.79 Å². The molecule has 2 aromatic rings. The predicted molar refractivity (Wildman–Crippen MR) is 124 cm³/mol. The first-order valence-corrected chi connectivity index (χ1v) is 11.9. The molecule has 3 nitrogen and oxygen atoms in total. The molecular formula is C24H24Cl2F6N2O. The van der Waals surface area contributed by atoms with E-state index >= 15 is 0 Å². The average Bonchev–Trinajstić information content (AvgIpc) is 2.77. The van der Waals surface area contributed by atoms with Gasteiger partial charge in [0.05, 0.1) is 21.2 Å². The maximum absolute atomic E-state index is 13.2. The average molecular weight is 541 g/mol. The van der Waals surface area contributed by atoms with Crippen molar-refractivity contribution in [3.05, 3.63) is 62.6 Å². The molecule has 1 aliphatic rings. The van der Waals surface area contributed by atoms with Crippen LogP contribution < -0.4 is 10.6 Å². The van der Waals surface area contributed by atoms with E-state index in [4.69, 9.17) is 23.2 Å². The summed E-state index contributed by atoms with van der Waals surface area (Å²) in [6, 6.07) is 4.54. The molecule has 0 heterocycles. The molecule has 2 aromatic carbocycles. The van der Waals surface area contributed by atoms with Gasteiger partial charge in [-0.2, -0.15) is 26.3 Å². The van der Waals surface area contributed by atoms with E-state index in [2.05, 4.69) is 10.6 Å². The third kappa shape index (κ3) is 7.67. The fourth-order valence-electron chi connectivity index (χ4n) is 4.11. The van der Waals surface area contributed by atoms with Crippen molar-refractivity contribution in [1.82, 2.24) is 5.32 Å². The highest BCUT2D eigenvalue weighted by Crippen LogP contribution is 2.38. The Bertz CT molecular complexity index is 1020. The Hall–Kier alpha value is -2.13. The van der Waals surface area contributed by atoms with Gasteiger partial charge in [0.15, 0.2) is 0 Å². The topological polar surface area (TPSA) is 41.1 Å². The van der Waals surface area contributed by atoms with Crippen molar-refractivity contribution >= 4 is 34.8 Å². The van der Waals surface area contributed by atoms with Crippen LogP contribution in [0, 0.1) is 0 Å². The second-order valence-electron chi connectivity index (χ2n) is 8.56. The Morgan fingerprint density at radius 2 is 1.51 bits per heavy atom. The van der Waals surface area contributed by atoms with Crippen LogP contribution in [0.15, 0.2) is 30.3 Å². The van der Waals surface area contributed by atoms with Crippen LogP contribution in [0.3, 0.4) is 0 Å². The lowest BCUT2D eigenvalue weighted by atomic mass is 9.95. The number of carbonyl (C=O) groups is 1. The molecule has 0 spiro atoms. The highest BCUT2D eigenvalue weighted by Gasteiger charge is 2.37. The zero-order valence-electron chi connectivity index (χ0n) is 18.6. The van der Waals surface area contributed by atoms with Gasteiger partial charge in [0, 0.05) is 31.1 Å². The number of hydrogen-bond donors (Lipinski definition) is 2. The smallest absolute Gasteiger partial charge is 0.384 e. The van der Waals surface area contributed by atoms with Crippen molar-refractivity contribution in [3.8, 4) is 0 Å². The molecule has 0 saturated heterocycles. The monoisotopic (exact) mass is 540 g/mol. The summed E-state index contributed by atoms with van der Waals surface area (Å²) < 4.78 is 79.5. The number of alkyl halides is 6. The minimum Gasteiger partial charge on any atom is -0.384 e. The summed E-state index contributed by atoms with van der Waals surface area (Å²) in [6.45, 7) is 0.194. The number of amides is 1. The maximum atomic E-state index is 13.2. The van der Waals surface area contributed by atoms with Crippen LogP contribution in [0.25, 0.3) is 0 Å². The first-order chi connectivity index (χ1) is 16.3. The summed E-state index contributed by atoms with van der Waals surface area (Å²) in [5, 5.41) is 6.10. The molecule has 1 fully saturated rings. The molecule has 2 N–H and O–H groups in total. The quantitative estimate of drug-likeness (QED) is 0.351. The van der Waals surface area contributed by atoms with E-state index in [0.717, 1.165) is 32.1 Å². The van der Waals surface area contributed by atoms with Crippen molar-refractivity contribution in [3.63, 3.8) is 0 Å². The summed E-state index contributed by atoms with van der Waals surface area (Å²) in [6.07, 6.45) is -4.93. The van der Waals surface area contributed by atoms with Crippen LogP contribution in [0.4, 0.5) is 32.0 Å². The first-order valence-electron chi connectivity index (χ1n) is 11.1. The van der Waals surface area contributed by atoms with Crippen LogP contribution >= 0.6 is 23.2 Å².